The lowest BCUT2D eigenvalue weighted by Gasteiger charge is -2.34. The second-order valence-corrected chi connectivity index (χ2v) is 8.39. The normalized spacial score (nSPS) is 17.2. The maximum Gasteiger partial charge on any atom is 0.320 e. The van der Waals surface area contributed by atoms with Crippen LogP contribution in [0.1, 0.15) is 59.8 Å². The number of aryl methyl sites for hydroxylation is 1. The number of anilines is 1. The molecule has 0 bridgehead atoms. The lowest BCUT2D eigenvalue weighted by molar-refractivity contribution is 0.143. The quantitative estimate of drug-likeness (QED) is 0.684. The Bertz CT molecular complexity index is 798. The molecule has 0 saturated carbocycles. The van der Waals surface area contributed by atoms with E-state index >= 15 is 0 Å². The predicted molar refractivity (Wildman–Crippen MR) is 115 cm³/mol. The highest BCUT2D eigenvalue weighted by Crippen LogP contribution is 2.28. The molecular formula is C21H36N6O2. The third kappa shape index (κ3) is 5.10. The highest BCUT2D eigenvalue weighted by Gasteiger charge is 2.23. The summed E-state index contributed by atoms with van der Waals surface area (Å²) in [7, 11) is 1.63. The first kappa shape index (κ1) is 21.6. The molecule has 29 heavy (non-hydrogen) atoms. The van der Waals surface area contributed by atoms with Crippen molar-refractivity contribution >= 4 is 17.0 Å². The van der Waals surface area contributed by atoms with Gasteiger partial charge in [-0.1, -0.05) is 13.3 Å². The Hall–Kier alpha value is -2.09. The number of ether oxygens (including phenoxy) is 2. The molecule has 0 aliphatic carbocycles. The van der Waals surface area contributed by atoms with Gasteiger partial charge in [0.1, 0.15) is 0 Å². The van der Waals surface area contributed by atoms with Crippen molar-refractivity contribution in [3.05, 3.63) is 0 Å². The van der Waals surface area contributed by atoms with Gasteiger partial charge in [0.2, 0.25) is 0 Å². The lowest BCUT2D eigenvalue weighted by atomic mass is 9.93. The molecular weight excluding hydrogens is 368 g/mol. The number of aromatic nitrogens is 4. The molecule has 0 spiro atoms. The molecule has 8 heteroatoms. The topological polar surface area (TPSA) is 91.3 Å². The van der Waals surface area contributed by atoms with Gasteiger partial charge in [-0.05, 0) is 65.5 Å². The number of rotatable bonds is 9. The van der Waals surface area contributed by atoms with Gasteiger partial charge in [0.25, 0.3) is 6.01 Å². The summed E-state index contributed by atoms with van der Waals surface area (Å²) in [5.74, 6) is 1.03. The number of nitrogen functional groups attached to an aromatic ring is 1. The molecule has 1 atom stereocenters. The summed E-state index contributed by atoms with van der Waals surface area (Å²) < 4.78 is 13.4. The molecule has 0 radical (unpaired) electrons. The van der Waals surface area contributed by atoms with Crippen LogP contribution in [0.3, 0.4) is 0 Å². The van der Waals surface area contributed by atoms with E-state index in [2.05, 4.69) is 40.6 Å². The van der Waals surface area contributed by atoms with Crippen molar-refractivity contribution in [3.8, 4) is 12.0 Å². The van der Waals surface area contributed by atoms with Crippen LogP contribution in [0.15, 0.2) is 0 Å². The summed E-state index contributed by atoms with van der Waals surface area (Å²) in [5.41, 5.74) is 7.42. The maximum atomic E-state index is 6.16. The van der Waals surface area contributed by atoms with E-state index in [-0.39, 0.29) is 6.10 Å². The number of nitrogens with zero attached hydrogens (tertiary/aromatic N) is 5. The summed E-state index contributed by atoms with van der Waals surface area (Å²) >= 11 is 0. The zero-order chi connectivity index (χ0) is 21.0. The van der Waals surface area contributed by atoms with Gasteiger partial charge >= 0.3 is 6.01 Å². The average molecular weight is 405 g/mol. The lowest BCUT2D eigenvalue weighted by Crippen LogP contribution is -2.38. The van der Waals surface area contributed by atoms with Crippen molar-refractivity contribution in [3.63, 3.8) is 0 Å². The Morgan fingerprint density at radius 3 is 2.48 bits per heavy atom. The van der Waals surface area contributed by atoms with Gasteiger partial charge in [0.15, 0.2) is 17.0 Å². The average Bonchev–Trinajstić information content (AvgIpc) is 3.05. The van der Waals surface area contributed by atoms with Gasteiger partial charge in [-0.2, -0.15) is 15.0 Å². The molecule has 162 valence electrons. The minimum atomic E-state index is 0.0428. The molecule has 2 aromatic rings. The maximum absolute atomic E-state index is 6.16. The third-order valence-electron chi connectivity index (χ3n) is 5.89. The van der Waals surface area contributed by atoms with E-state index in [1.807, 2.05) is 11.5 Å². The summed E-state index contributed by atoms with van der Waals surface area (Å²) in [4.78, 5) is 16.0. The van der Waals surface area contributed by atoms with Crippen molar-refractivity contribution in [2.24, 2.45) is 5.92 Å². The Labute approximate surface area is 173 Å². The van der Waals surface area contributed by atoms with Crippen molar-refractivity contribution in [2.45, 2.75) is 78.5 Å². The first-order valence-corrected chi connectivity index (χ1v) is 10.9. The molecule has 1 fully saturated rings. The smallest absolute Gasteiger partial charge is 0.320 e. The molecule has 0 aromatic carbocycles. The van der Waals surface area contributed by atoms with Gasteiger partial charge in [0.05, 0.1) is 13.2 Å². The van der Waals surface area contributed by atoms with E-state index in [1.165, 1.54) is 25.9 Å². The number of fused-ring (bicyclic) bond motifs is 1. The number of nitrogens with two attached hydrogens (primary N) is 1. The molecule has 2 N–H and O–H groups in total. The zero-order valence-corrected chi connectivity index (χ0v) is 18.5. The van der Waals surface area contributed by atoms with Gasteiger partial charge < -0.3 is 20.1 Å². The Morgan fingerprint density at radius 1 is 1.14 bits per heavy atom. The fourth-order valence-corrected chi connectivity index (χ4v) is 4.11. The molecule has 3 rings (SSSR count). The van der Waals surface area contributed by atoms with Crippen LogP contribution < -0.4 is 15.2 Å². The number of likely N-dealkylation sites (tertiary alicyclic amines) is 1. The van der Waals surface area contributed by atoms with Crippen molar-refractivity contribution in [1.82, 2.24) is 24.4 Å². The van der Waals surface area contributed by atoms with Crippen LogP contribution in [0.25, 0.3) is 11.2 Å². The van der Waals surface area contributed by atoms with Crippen LogP contribution in [0.5, 0.6) is 12.0 Å². The summed E-state index contributed by atoms with van der Waals surface area (Å²) in [5, 5.41) is 0. The Kier molecular flexibility index (Phi) is 7.16. The minimum absolute atomic E-state index is 0.0428. The standard InChI is InChI=1S/C21H36N6O2/c1-6-7-15(4)29-20-24-18(22)17-19(25-20)27(21(23-17)28-5)13-10-16-8-11-26(12-9-16)14(2)3/h14-16H,6-13H2,1-5H3,(H2,22,24,25). The number of hydrogen-bond acceptors (Lipinski definition) is 7. The van der Waals surface area contributed by atoms with Crippen LogP contribution in [0, 0.1) is 5.92 Å². The van der Waals surface area contributed by atoms with Crippen molar-refractivity contribution in [1.29, 1.82) is 0 Å². The SMILES string of the molecule is CCCC(C)Oc1nc(N)c2nc(OC)n(CCC3CCN(C(C)C)CC3)c2n1. The number of hydrogen-bond donors (Lipinski definition) is 1. The largest absolute Gasteiger partial charge is 0.468 e. The molecule has 0 amide bonds. The Morgan fingerprint density at radius 2 is 1.86 bits per heavy atom. The van der Waals surface area contributed by atoms with E-state index in [4.69, 9.17) is 15.2 Å². The monoisotopic (exact) mass is 404 g/mol. The summed E-state index contributed by atoms with van der Waals surface area (Å²) in [6.07, 6.45) is 5.56. The third-order valence-corrected chi connectivity index (χ3v) is 5.89. The van der Waals surface area contributed by atoms with Crippen LogP contribution in [-0.4, -0.2) is 56.8 Å². The molecule has 1 unspecified atom stereocenters. The van der Waals surface area contributed by atoms with Crippen LogP contribution in [0.4, 0.5) is 5.82 Å². The Balaban J connectivity index is 1.76. The molecule has 2 aromatic heterocycles. The van der Waals surface area contributed by atoms with Gasteiger partial charge in [-0.3, -0.25) is 4.57 Å². The molecule has 8 nitrogen and oxygen atoms in total. The summed E-state index contributed by atoms with van der Waals surface area (Å²) in [6.45, 7) is 11.8. The first-order chi connectivity index (χ1) is 13.9. The van der Waals surface area contributed by atoms with E-state index in [0.717, 1.165) is 25.8 Å². The molecule has 3 heterocycles. The van der Waals surface area contributed by atoms with E-state index in [0.29, 0.717) is 41.0 Å². The van der Waals surface area contributed by atoms with Crippen molar-refractivity contribution < 1.29 is 9.47 Å². The van der Waals surface area contributed by atoms with E-state index in [9.17, 15) is 0 Å². The summed E-state index contributed by atoms with van der Waals surface area (Å²) in [6, 6.07) is 1.46. The van der Waals surface area contributed by atoms with E-state index in [1.54, 1.807) is 7.11 Å². The minimum Gasteiger partial charge on any atom is -0.468 e. The second kappa shape index (κ2) is 9.61. The van der Waals surface area contributed by atoms with Gasteiger partial charge in [0, 0.05) is 12.6 Å². The highest BCUT2D eigenvalue weighted by atomic mass is 16.5. The van der Waals surface area contributed by atoms with Crippen LogP contribution >= 0.6 is 0 Å². The second-order valence-electron chi connectivity index (χ2n) is 8.39. The number of methoxy groups -OCH3 is 1. The molecule has 1 saturated heterocycles. The highest BCUT2D eigenvalue weighted by molar-refractivity contribution is 5.83. The van der Waals surface area contributed by atoms with Crippen LogP contribution in [0.2, 0.25) is 0 Å². The fraction of sp³-hybridized carbons (Fsp3) is 0.762. The number of piperidine rings is 1. The van der Waals surface area contributed by atoms with Gasteiger partial charge in [-0.15, -0.1) is 0 Å². The zero-order valence-electron chi connectivity index (χ0n) is 18.5. The van der Waals surface area contributed by atoms with Crippen LogP contribution in [-0.2, 0) is 6.54 Å². The number of imidazole rings is 1. The van der Waals surface area contributed by atoms with E-state index < -0.39 is 0 Å². The van der Waals surface area contributed by atoms with Crippen molar-refractivity contribution in [2.75, 3.05) is 25.9 Å². The molecule has 1 aliphatic heterocycles. The predicted octanol–water partition coefficient (Wildman–Crippen LogP) is 3.50. The first-order valence-electron chi connectivity index (χ1n) is 10.9. The fourth-order valence-electron chi connectivity index (χ4n) is 4.11. The van der Waals surface area contributed by atoms with Gasteiger partial charge in [-0.25, -0.2) is 0 Å². The molecule has 1 aliphatic rings.